The monoisotopic (exact) mass is 430 g/mol. The van der Waals surface area contributed by atoms with Crippen LogP contribution < -0.4 is 5.73 Å². The summed E-state index contributed by atoms with van der Waals surface area (Å²) in [6.07, 6.45) is -10.8. The molecule has 0 spiro atoms. The number of quaternary nitrogens is 1. The molecule has 0 radical (unpaired) electrons. The van der Waals surface area contributed by atoms with Gasteiger partial charge in [-0.05, 0) is 24.3 Å². The van der Waals surface area contributed by atoms with E-state index in [-0.39, 0.29) is 4.90 Å². The van der Waals surface area contributed by atoms with Gasteiger partial charge in [-0.3, -0.25) is 0 Å². The van der Waals surface area contributed by atoms with Gasteiger partial charge in [0.05, 0.1) is 11.4 Å². The van der Waals surface area contributed by atoms with Crippen molar-refractivity contribution >= 4 is 21.4 Å². The van der Waals surface area contributed by atoms with Gasteiger partial charge in [-0.2, -0.15) is 4.99 Å². The van der Waals surface area contributed by atoms with Gasteiger partial charge in [0.25, 0.3) is 0 Å². The minimum atomic E-state index is -5.82. The number of amidine groups is 1. The summed E-state index contributed by atoms with van der Waals surface area (Å²) in [7, 11) is -3.69. The summed E-state index contributed by atoms with van der Waals surface area (Å²) in [5.41, 5.74) is 3.24. The summed E-state index contributed by atoms with van der Waals surface area (Å²) in [6, 6.07) is 3.73. The Kier molecular flexibility index (Phi) is 5.47. The molecule has 0 unspecified atom stereocenters. The second-order valence-electron chi connectivity index (χ2n) is 6.52. The minimum absolute atomic E-state index is 0.238. The number of allylic oxidation sites excluding steroid dienone is 1. The molecule has 0 amide bonds. The first-order valence-electron chi connectivity index (χ1n) is 7.95. The highest BCUT2D eigenvalue weighted by molar-refractivity contribution is 7.90. The highest BCUT2D eigenvalue weighted by Crippen LogP contribution is 2.55. The fourth-order valence-corrected chi connectivity index (χ4v) is 3.67. The van der Waals surface area contributed by atoms with Gasteiger partial charge in [0.15, 0.2) is 15.5 Å². The molecule has 0 saturated carbocycles. The fraction of sp³-hybridized carbons (Fsp3) is 0.438. The summed E-state index contributed by atoms with van der Waals surface area (Å²) in [4.78, 5) is 3.37. The lowest BCUT2D eigenvalue weighted by Gasteiger charge is -2.37. The van der Waals surface area contributed by atoms with Gasteiger partial charge in [0.2, 0.25) is 5.84 Å². The molecule has 0 atom stereocenters. The molecule has 1 aliphatic rings. The predicted octanol–water partition coefficient (Wildman–Crippen LogP) is 3.64. The number of alkyl halides is 6. The van der Waals surface area contributed by atoms with Crippen LogP contribution in [0, 0.1) is 5.92 Å². The Morgan fingerprint density at radius 1 is 1.04 bits per heavy atom. The van der Waals surface area contributed by atoms with E-state index in [0.29, 0.717) is 0 Å². The van der Waals surface area contributed by atoms with Crippen molar-refractivity contribution < 1.29 is 39.2 Å². The van der Waals surface area contributed by atoms with Crippen LogP contribution in [0.1, 0.15) is 19.4 Å². The van der Waals surface area contributed by atoms with Crippen molar-refractivity contribution in [3.8, 4) is 0 Å². The molecule has 0 saturated heterocycles. The number of hydrogen-bond donors (Lipinski definition) is 1. The number of halogens is 6. The maximum absolute atomic E-state index is 14.0. The Labute approximate surface area is 157 Å². The molecule has 0 aromatic heterocycles. The largest absolute Gasteiger partial charge is 0.579 e. The highest BCUT2D eigenvalue weighted by atomic mass is 32.2. The Bertz CT molecular complexity index is 915. The Balaban J connectivity index is 2.91. The number of nitrogens with zero attached hydrogens (tertiary/aromatic N) is 2. The zero-order valence-corrected chi connectivity index (χ0v) is 15.9. The topological polar surface area (TPSA) is 72.5 Å². The Hall–Kier alpha value is -1.92. The molecule has 12 heteroatoms. The molecule has 2 rings (SSSR count). The van der Waals surface area contributed by atoms with Crippen LogP contribution in [0.5, 0.6) is 0 Å². The van der Waals surface area contributed by atoms with E-state index in [0.717, 1.165) is 30.5 Å². The maximum Gasteiger partial charge on any atom is 0.579 e. The predicted molar refractivity (Wildman–Crippen MR) is 90.2 cm³/mol. The van der Waals surface area contributed by atoms with Crippen molar-refractivity contribution in [1.82, 2.24) is 0 Å². The van der Waals surface area contributed by atoms with E-state index in [9.17, 15) is 34.8 Å². The molecule has 1 aromatic carbocycles. The van der Waals surface area contributed by atoms with Gasteiger partial charge < -0.3 is 5.73 Å². The van der Waals surface area contributed by atoms with Gasteiger partial charge in [-0.15, -0.1) is 26.3 Å². The van der Waals surface area contributed by atoms with Crippen molar-refractivity contribution in [1.29, 1.82) is 0 Å². The average molecular weight is 430 g/mol. The lowest BCUT2D eigenvalue weighted by Crippen LogP contribution is -2.67. The number of nitrogens with two attached hydrogens (primary N) is 1. The zero-order chi connectivity index (χ0) is 21.7. The van der Waals surface area contributed by atoms with E-state index in [2.05, 4.69) is 4.99 Å². The SMILES string of the molecule is CC(C)C1=C(c2ccc(S(C)(=O)=O)cc2)[N+](C(F)(F)F)(C(F)(F)F)C(CN)=N1. The van der Waals surface area contributed by atoms with Crippen LogP contribution in [0.15, 0.2) is 39.9 Å². The lowest BCUT2D eigenvalue weighted by molar-refractivity contribution is -0.990. The molecule has 5 nitrogen and oxygen atoms in total. The maximum atomic E-state index is 14.0. The van der Waals surface area contributed by atoms with Crippen LogP contribution in [0.25, 0.3) is 5.70 Å². The second kappa shape index (κ2) is 6.85. The van der Waals surface area contributed by atoms with E-state index in [4.69, 9.17) is 5.73 Å². The second-order valence-corrected chi connectivity index (χ2v) is 8.54. The quantitative estimate of drug-likeness (QED) is 0.450. The zero-order valence-electron chi connectivity index (χ0n) is 15.1. The number of rotatable bonds is 4. The first-order valence-corrected chi connectivity index (χ1v) is 9.84. The minimum Gasteiger partial charge on any atom is -0.321 e. The standard InChI is InChI=1S/C16H18F6N3O2S/c1-9(2)13-14(10-4-6-11(7-5-10)28(3,26)27)25(15(17,18)19,16(20,21)22)12(8-23)24-13/h4-7,9H,8,23H2,1-3H3/q+1. The third kappa shape index (κ3) is 3.33. The van der Waals surface area contributed by atoms with Gasteiger partial charge >= 0.3 is 12.6 Å². The molecule has 0 aliphatic carbocycles. The number of aliphatic imine (C=N–C) groups is 1. The van der Waals surface area contributed by atoms with Crippen LogP contribution in [-0.4, -0.2) is 44.1 Å². The first kappa shape index (κ1) is 22.4. The van der Waals surface area contributed by atoms with Gasteiger partial charge in [-0.1, -0.05) is 18.3 Å². The molecule has 1 aliphatic heterocycles. The Morgan fingerprint density at radius 2 is 1.50 bits per heavy atom. The normalized spacial score (nSPS) is 18.0. The molecule has 28 heavy (non-hydrogen) atoms. The smallest absolute Gasteiger partial charge is 0.321 e. The number of hydrogen-bond acceptors (Lipinski definition) is 4. The van der Waals surface area contributed by atoms with Crippen molar-refractivity contribution in [3.63, 3.8) is 0 Å². The van der Waals surface area contributed by atoms with Crippen molar-refractivity contribution in [2.45, 2.75) is 31.3 Å². The molecule has 0 fully saturated rings. The summed E-state index contributed by atoms with van der Waals surface area (Å²) in [5, 5.41) is 0. The summed E-state index contributed by atoms with van der Waals surface area (Å²) in [5.74, 6) is -2.08. The van der Waals surface area contributed by atoms with E-state index in [1.807, 2.05) is 0 Å². The lowest BCUT2D eigenvalue weighted by atomic mass is 10.0. The Morgan fingerprint density at radius 3 is 1.82 bits per heavy atom. The molecule has 156 valence electrons. The van der Waals surface area contributed by atoms with Gasteiger partial charge in [0.1, 0.15) is 5.70 Å². The fourth-order valence-electron chi connectivity index (χ4n) is 3.04. The van der Waals surface area contributed by atoms with Gasteiger partial charge in [-0.25, -0.2) is 8.42 Å². The average Bonchev–Trinajstić information content (AvgIpc) is 2.90. The summed E-state index contributed by atoms with van der Waals surface area (Å²) in [6.45, 7) is 1.75. The molecule has 1 heterocycles. The van der Waals surface area contributed by atoms with Crippen LogP contribution in [0.4, 0.5) is 26.3 Å². The van der Waals surface area contributed by atoms with Crippen LogP contribution in [-0.2, 0) is 9.84 Å². The number of sulfone groups is 1. The molecule has 1 aromatic rings. The first-order chi connectivity index (χ1) is 12.6. The molecular formula is C16H18F6N3O2S+. The highest BCUT2D eigenvalue weighted by Gasteiger charge is 2.79. The third-order valence-corrected chi connectivity index (χ3v) is 5.39. The van der Waals surface area contributed by atoms with Gasteiger partial charge in [0, 0.05) is 17.7 Å². The summed E-state index contributed by atoms with van der Waals surface area (Å²) < 4.78 is 104. The van der Waals surface area contributed by atoms with Crippen LogP contribution >= 0.6 is 0 Å². The van der Waals surface area contributed by atoms with E-state index in [1.165, 1.54) is 13.8 Å². The molecular weight excluding hydrogens is 412 g/mol. The van der Waals surface area contributed by atoms with E-state index in [1.54, 1.807) is 0 Å². The van der Waals surface area contributed by atoms with Crippen molar-refractivity contribution in [2.75, 3.05) is 12.8 Å². The van der Waals surface area contributed by atoms with E-state index < -0.39 is 62.2 Å². The van der Waals surface area contributed by atoms with Crippen molar-refractivity contribution in [3.05, 3.63) is 35.5 Å². The van der Waals surface area contributed by atoms with Crippen LogP contribution in [0.3, 0.4) is 0 Å². The molecule has 0 bridgehead atoms. The van der Waals surface area contributed by atoms with Crippen molar-refractivity contribution in [2.24, 2.45) is 16.6 Å². The number of benzene rings is 1. The summed E-state index contributed by atoms with van der Waals surface area (Å²) >= 11 is 0. The van der Waals surface area contributed by atoms with Crippen LogP contribution in [0.2, 0.25) is 0 Å². The van der Waals surface area contributed by atoms with E-state index >= 15 is 0 Å². The third-order valence-electron chi connectivity index (χ3n) is 4.26. The molecule has 2 N–H and O–H groups in total.